The maximum Gasteiger partial charge on any atom is 0.232 e. The first-order valence-electron chi connectivity index (χ1n) is 8.19. The number of nitrogens with zero attached hydrogens (tertiary/aromatic N) is 4. The SMILES string of the molecule is CCC(=O)CSc1nnc(N2CCOCC2)n1-c1ccccc1C. The molecular weight excluding hydrogens is 324 g/mol. The Balaban J connectivity index is 1.98. The lowest BCUT2D eigenvalue weighted by Gasteiger charge is -2.28. The Morgan fingerprint density at radius 1 is 1.25 bits per heavy atom. The Hall–Kier alpha value is -1.86. The van der Waals surface area contributed by atoms with Crippen molar-refractivity contribution in [3.05, 3.63) is 29.8 Å². The Kier molecular flexibility index (Phi) is 5.52. The summed E-state index contributed by atoms with van der Waals surface area (Å²) >= 11 is 1.45. The van der Waals surface area contributed by atoms with Gasteiger partial charge in [-0.3, -0.25) is 9.36 Å². The summed E-state index contributed by atoms with van der Waals surface area (Å²) in [5.74, 6) is 1.45. The fourth-order valence-electron chi connectivity index (χ4n) is 2.60. The molecule has 1 fully saturated rings. The molecule has 1 aromatic carbocycles. The number of para-hydroxylation sites is 1. The number of thioether (sulfide) groups is 1. The molecule has 1 aliphatic rings. The molecular formula is C17H22N4O2S. The number of hydrogen-bond donors (Lipinski definition) is 0. The van der Waals surface area contributed by atoms with Crippen LogP contribution in [0.3, 0.4) is 0 Å². The molecule has 1 aliphatic heterocycles. The number of ketones is 1. The Morgan fingerprint density at radius 2 is 2.00 bits per heavy atom. The second kappa shape index (κ2) is 7.81. The van der Waals surface area contributed by atoms with E-state index < -0.39 is 0 Å². The van der Waals surface area contributed by atoms with Crippen LogP contribution in [0.2, 0.25) is 0 Å². The van der Waals surface area contributed by atoms with Gasteiger partial charge in [-0.1, -0.05) is 36.9 Å². The summed E-state index contributed by atoms with van der Waals surface area (Å²) < 4.78 is 7.51. The minimum Gasteiger partial charge on any atom is -0.378 e. The minimum absolute atomic E-state index is 0.215. The Labute approximate surface area is 146 Å². The number of benzene rings is 1. The van der Waals surface area contributed by atoms with Crippen molar-refractivity contribution in [3.63, 3.8) is 0 Å². The van der Waals surface area contributed by atoms with Gasteiger partial charge in [0.1, 0.15) is 5.78 Å². The van der Waals surface area contributed by atoms with Gasteiger partial charge in [-0.2, -0.15) is 0 Å². The Morgan fingerprint density at radius 3 is 2.71 bits per heavy atom. The number of aromatic nitrogens is 3. The van der Waals surface area contributed by atoms with Crippen molar-refractivity contribution in [3.8, 4) is 5.69 Å². The molecule has 6 nitrogen and oxygen atoms in total. The van der Waals surface area contributed by atoms with Gasteiger partial charge >= 0.3 is 0 Å². The molecule has 0 amide bonds. The number of ether oxygens (including phenoxy) is 1. The average Bonchev–Trinajstić information content (AvgIpc) is 3.04. The van der Waals surface area contributed by atoms with Crippen molar-refractivity contribution in [2.24, 2.45) is 0 Å². The van der Waals surface area contributed by atoms with Gasteiger partial charge in [0, 0.05) is 19.5 Å². The highest BCUT2D eigenvalue weighted by atomic mass is 32.2. The summed E-state index contributed by atoms with van der Waals surface area (Å²) in [6.07, 6.45) is 0.543. The van der Waals surface area contributed by atoms with E-state index >= 15 is 0 Å². The van der Waals surface area contributed by atoms with Crippen LogP contribution in [0.1, 0.15) is 18.9 Å². The van der Waals surface area contributed by atoms with E-state index in [0.29, 0.717) is 25.4 Å². The molecule has 1 aromatic heterocycles. The van der Waals surface area contributed by atoms with Crippen LogP contribution in [0.15, 0.2) is 29.4 Å². The summed E-state index contributed by atoms with van der Waals surface area (Å²) in [6.45, 7) is 6.93. The van der Waals surface area contributed by atoms with Gasteiger partial charge in [-0.05, 0) is 18.6 Å². The molecule has 0 spiro atoms. The maximum atomic E-state index is 11.7. The standard InChI is InChI=1S/C17H22N4O2S/c1-3-14(22)12-24-17-19-18-16(20-8-10-23-11-9-20)21(17)15-7-5-4-6-13(15)2/h4-7H,3,8-12H2,1-2H3. The summed E-state index contributed by atoms with van der Waals surface area (Å²) in [7, 11) is 0. The van der Waals surface area contributed by atoms with Gasteiger partial charge in [0.25, 0.3) is 0 Å². The lowest BCUT2D eigenvalue weighted by Crippen LogP contribution is -2.38. The van der Waals surface area contributed by atoms with Crippen molar-refractivity contribution >= 4 is 23.5 Å². The zero-order valence-electron chi connectivity index (χ0n) is 14.1. The summed E-state index contributed by atoms with van der Waals surface area (Å²) in [4.78, 5) is 13.9. The fraction of sp³-hybridized carbons (Fsp3) is 0.471. The predicted octanol–water partition coefficient (Wildman–Crippen LogP) is 2.48. The number of anilines is 1. The molecule has 128 valence electrons. The van der Waals surface area contributed by atoms with Crippen LogP contribution >= 0.6 is 11.8 Å². The van der Waals surface area contributed by atoms with Gasteiger partial charge in [0.15, 0.2) is 5.16 Å². The number of Topliss-reactive ketones (excluding diaryl/α,β-unsaturated/α-hetero) is 1. The molecule has 0 N–H and O–H groups in total. The first-order chi connectivity index (χ1) is 11.7. The van der Waals surface area contributed by atoms with Crippen molar-refractivity contribution in [2.45, 2.75) is 25.4 Å². The van der Waals surface area contributed by atoms with Gasteiger partial charge in [0.2, 0.25) is 5.95 Å². The average molecular weight is 346 g/mol. The zero-order chi connectivity index (χ0) is 16.9. The monoisotopic (exact) mass is 346 g/mol. The molecule has 2 heterocycles. The maximum absolute atomic E-state index is 11.7. The smallest absolute Gasteiger partial charge is 0.232 e. The molecule has 7 heteroatoms. The number of carbonyl (C=O) groups excluding carboxylic acids is 1. The molecule has 0 unspecified atom stereocenters. The van der Waals surface area contributed by atoms with Crippen LogP contribution in [0, 0.1) is 6.92 Å². The van der Waals surface area contributed by atoms with Crippen LogP contribution in [-0.2, 0) is 9.53 Å². The van der Waals surface area contributed by atoms with E-state index in [-0.39, 0.29) is 5.78 Å². The third-order valence-corrected chi connectivity index (χ3v) is 5.01. The van der Waals surface area contributed by atoms with Crippen molar-refractivity contribution in [1.82, 2.24) is 14.8 Å². The van der Waals surface area contributed by atoms with E-state index in [0.717, 1.165) is 35.4 Å². The second-order valence-corrected chi connectivity index (χ2v) is 6.63. The highest BCUT2D eigenvalue weighted by Gasteiger charge is 2.22. The fourth-order valence-corrected chi connectivity index (χ4v) is 3.50. The number of rotatable bonds is 6. The van der Waals surface area contributed by atoms with Crippen LogP contribution in [0.5, 0.6) is 0 Å². The third-order valence-electron chi connectivity index (χ3n) is 4.02. The van der Waals surface area contributed by atoms with Crippen molar-refractivity contribution in [2.75, 3.05) is 37.0 Å². The largest absolute Gasteiger partial charge is 0.378 e. The van der Waals surface area contributed by atoms with Crippen molar-refractivity contribution in [1.29, 1.82) is 0 Å². The van der Waals surface area contributed by atoms with Crippen LogP contribution in [0.25, 0.3) is 5.69 Å². The van der Waals surface area contributed by atoms with E-state index in [1.165, 1.54) is 11.8 Å². The number of carbonyl (C=O) groups is 1. The molecule has 0 atom stereocenters. The van der Waals surface area contributed by atoms with Crippen LogP contribution in [0.4, 0.5) is 5.95 Å². The summed E-state index contributed by atoms with van der Waals surface area (Å²) in [5.41, 5.74) is 2.20. The van der Waals surface area contributed by atoms with Gasteiger partial charge in [0.05, 0.1) is 24.7 Å². The molecule has 0 saturated carbocycles. The molecule has 0 bridgehead atoms. The minimum atomic E-state index is 0.215. The molecule has 1 saturated heterocycles. The number of aryl methyl sites for hydroxylation is 1. The zero-order valence-corrected chi connectivity index (χ0v) is 14.9. The molecule has 24 heavy (non-hydrogen) atoms. The topological polar surface area (TPSA) is 60.3 Å². The van der Waals surface area contributed by atoms with Gasteiger partial charge in [-0.15, -0.1) is 10.2 Å². The summed E-state index contributed by atoms with van der Waals surface area (Å²) in [5, 5.41) is 9.53. The lowest BCUT2D eigenvalue weighted by molar-refractivity contribution is -0.116. The van der Waals surface area contributed by atoms with Gasteiger partial charge < -0.3 is 9.64 Å². The molecule has 0 radical (unpaired) electrons. The third kappa shape index (κ3) is 3.62. The lowest BCUT2D eigenvalue weighted by atomic mass is 10.2. The van der Waals surface area contributed by atoms with E-state index in [1.807, 2.05) is 19.1 Å². The Bertz CT molecular complexity index is 710. The van der Waals surface area contributed by atoms with E-state index in [2.05, 4.69) is 38.7 Å². The van der Waals surface area contributed by atoms with Gasteiger partial charge in [-0.25, -0.2) is 0 Å². The highest BCUT2D eigenvalue weighted by molar-refractivity contribution is 7.99. The second-order valence-electron chi connectivity index (χ2n) is 5.68. The summed E-state index contributed by atoms with van der Waals surface area (Å²) in [6, 6.07) is 8.17. The molecule has 0 aliphatic carbocycles. The quantitative estimate of drug-likeness (QED) is 0.749. The van der Waals surface area contributed by atoms with E-state index in [4.69, 9.17) is 4.74 Å². The van der Waals surface area contributed by atoms with Crippen LogP contribution < -0.4 is 4.90 Å². The molecule has 2 aromatic rings. The van der Waals surface area contributed by atoms with Crippen LogP contribution in [-0.4, -0.2) is 52.6 Å². The number of morpholine rings is 1. The van der Waals surface area contributed by atoms with E-state index in [1.54, 1.807) is 0 Å². The predicted molar refractivity (Wildman–Crippen MR) is 95.2 cm³/mol. The van der Waals surface area contributed by atoms with Crippen molar-refractivity contribution < 1.29 is 9.53 Å². The first kappa shape index (κ1) is 17.0. The molecule has 3 rings (SSSR count). The normalized spacial score (nSPS) is 14.8. The first-order valence-corrected chi connectivity index (χ1v) is 9.18. The number of hydrogen-bond acceptors (Lipinski definition) is 6. The highest BCUT2D eigenvalue weighted by Crippen LogP contribution is 2.28. The van der Waals surface area contributed by atoms with E-state index in [9.17, 15) is 4.79 Å².